The van der Waals surface area contributed by atoms with Crippen molar-refractivity contribution in [1.82, 2.24) is 0 Å². The van der Waals surface area contributed by atoms with Crippen LogP contribution in [0.3, 0.4) is 0 Å². The van der Waals surface area contributed by atoms with E-state index in [1.807, 2.05) is 66.7 Å². The van der Waals surface area contributed by atoms with Crippen molar-refractivity contribution in [2.24, 2.45) is 0 Å². The number of hydrogen-bond donors (Lipinski definition) is 0. The average molecular weight is 308 g/mol. The van der Waals surface area contributed by atoms with Gasteiger partial charge in [-0.2, -0.15) is 0 Å². The lowest BCUT2D eigenvalue weighted by atomic mass is 9.99. The molecule has 0 fully saturated rings. The summed E-state index contributed by atoms with van der Waals surface area (Å²) in [5.41, 5.74) is 1.74. The van der Waals surface area contributed by atoms with Gasteiger partial charge >= 0.3 is 0 Å². The van der Waals surface area contributed by atoms with E-state index in [2.05, 4.69) is 24.3 Å². The average Bonchev–Trinajstić information content (AvgIpc) is 2.66. The topological polar surface area (TPSA) is 17.1 Å². The molecule has 0 N–H and O–H groups in total. The van der Waals surface area contributed by atoms with Crippen LogP contribution in [0, 0.1) is 0 Å². The van der Waals surface area contributed by atoms with Gasteiger partial charge < -0.3 is 0 Å². The molecule has 0 aliphatic rings. The maximum atomic E-state index is 12.4. The third kappa shape index (κ3) is 2.72. The van der Waals surface area contributed by atoms with Gasteiger partial charge in [-0.15, -0.1) is 0 Å². The lowest BCUT2D eigenvalue weighted by Crippen LogP contribution is -1.94. The predicted octanol–water partition coefficient (Wildman–Crippen LogP) is 5.89. The number of rotatable bonds is 3. The molecule has 4 aromatic rings. The van der Waals surface area contributed by atoms with E-state index in [1.54, 1.807) is 6.08 Å². The second kappa shape index (κ2) is 6.13. The Hall–Kier alpha value is -3.19. The number of ketones is 1. The molecule has 0 unspecified atom stereocenters. The van der Waals surface area contributed by atoms with Gasteiger partial charge in [0.25, 0.3) is 0 Å². The normalized spacial score (nSPS) is 11.3. The van der Waals surface area contributed by atoms with Crippen LogP contribution >= 0.6 is 0 Å². The van der Waals surface area contributed by atoms with Gasteiger partial charge in [0.1, 0.15) is 0 Å². The van der Waals surface area contributed by atoms with Crippen molar-refractivity contribution >= 4 is 33.4 Å². The summed E-state index contributed by atoms with van der Waals surface area (Å²) >= 11 is 0. The van der Waals surface area contributed by atoms with E-state index in [4.69, 9.17) is 0 Å². The Balaban J connectivity index is 1.71. The Morgan fingerprint density at radius 1 is 0.667 bits per heavy atom. The van der Waals surface area contributed by atoms with Crippen molar-refractivity contribution in [1.29, 1.82) is 0 Å². The van der Waals surface area contributed by atoms with Crippen molar-refractivity contribution in [3.8, 4) is 0 Å². The van der Waals surface area contributed by atoms with Crippen molar-refractivity contribution in [3.63, 3.8) is 0 Å². The van der Waals surface area contributed by atoms with Crippen LogP contribution in [0.4, 0.5) is 0 Å². The first-order chi connectivity index (χ1) is 11.8. The third-order valence-electron chi connectivity index (χ3n) is 4.26. The minimum Gasteiger partial charge on any atom is -0.289 e. The van der Waals surface area contributed by atoms with Crippen LogP contribution in [-0.2, 0) is 0 Å². The quantitative estimate of drug-likeness (QED) is 0.262. The molecule has 0 radical (unpaired) electrons. The molecular formula is C23H16O. The molecule has 0 aromatic heterocycles. The van der Waals surface area contributed by atoms with Crippen LogP contribution in [0.2, 0.25) is 0 Å². The maximum Gasteiger partial charge on any atom is 0.185 e. The fourth-order valence-corrected chi connectivity index (χ4v) is 3.00. The second-order valence-electron chi connectivity index (χ2n) is 5.83. The SMILES string of the molecule is O=C(/C=C\c1ccccc1)c1ccc2c(ccc3ccccc32)c1. The Kier molecular flexibility index (Phi) is 3.68. The lowest BCUT2D eigenvalue weighted by molar-refractivity contribution is 0.104. The lowest BCUT2D eigenvalue weighted by Gasteiger charge is -2.05. The molecule has 0 aliphatic heterocycles. The summed E-state index contributed by atoms with van der Waals surface area (Å²) in [7, 11) is 0. The number of carbonyl (C=O) groups is 1. The zero-order chi connectivity index (χ0) is 16.4. The fraction of sp³-hybridized carbons (Fsp3) is 0. The molecule has 0 atom stereocenters. The summed E-state index contributed by atoms with van der Waals surface area (Å²) in [6.45, 7) is 0. The van der Waals surface area contributed by atoms with Crippen LogP contribution in [-0.4, -0.2) is 5.78 Å². The highest BCUT2D eigenvalue weighted by Crippen LogP contribution is 2.26. The minimum absolute atomic E-state index is 0.0221. The molecule has 0 saturated heterocycles. The first-order valence-corrected chi connectivity index (χ1v) is 8.00. The highest BCUT2D eigenvalue weighted by Gasteiger charge is 2.05. The summed E-state index contributed by atoms with van der Waals surface area (Å²) < 4.78 is 0. The molecule has 114 valence electrons. The number of benzene rings is 4. The van der Waals surface area contributed by atoms with Crippen LogP contribution < -0.4 is 0 Å². The first-order valence-electron chi connectivity index (χ1n) is 8.00. The molecule has 0 aliphatic carbocycles. The Morgan fingerprint density at radius 3 is 2.25 bits per heavy atom. The van der Waals surface area contributed by atoms with Gasteiger partial charge in [-0.1, -0.05) is 84.9 Å². The monoisotopic (exact) mass is 308 g/mol. The van der Waals surface area contributed by atoms with E-state index in [1.165, 1.54) is 16.2 Å². The van der Waals surface area contributed by atoms with E-state index in [-0.39, 0.29) is 5.78 Å². The van der Waals surface area contributed by atoms with Crippen LogP contribution in [0.15, 0.2) is 91.0 Å². The van der Waals surface area contributed by atoms with E-state index in [0.717, 1.165) is 10.9 Å². The molecule has 0 saturated carbocycles. The van der Waals surface area contributed by atoms with E-state index < -0.39 is 0 Å². The largest absolute Gasteiger partial charge is 0.289 e. The summed E-state index contributed by atoms with van der Waals surface area (Å²) in [5, 5.41) is 4.70. The third-order valence-corrected chi connectivity index (χ3v) is 4.26. The summed E-state index contributed by atoms with van der Waals surface area (Å²) in [6, 6.07) is 28.3. The van der Waals surface area contributed by atoms with Gasteiger partial charge in [0, 0.05) is 5.56 Å². The molecule has 1 nitrogen and oxygen atoms in total. The van der Waals surface area contributed by atoms with Gasteiger partial charge in [-0.05, 0) is 39.3 Å². The summed E-state index contributed by atoms with van der Waals surface area (Å²) in [6.07, 6.45) is 3.49. The molecule has 24 heavy (non-hydrogen) atoms. The standard InChI is InChI=1S/C23H16O/c24-23(15-10-17-6-2-1-3-7-17)20-13-14-22-19(16-20)12-11-18-8-4-5-9-21(18)22/h1-16H/b15-10-. The highest BCUT2D eigenvalue weighted by atomic mass is 16.1. The van der Waals surface area contributed by atoms with Gasteiger partial charge in [-0.25, -0.2) is 0 Å². The van der Waals surface area contributed by atoms with E-state index >= 15 is 0 Å². The maximum absolute atomic E-state index is 12.4. The molecule has 4 aromatic carbocycles. The van der Waals surface area contributed by atoms with Crippen LogP contribution in [0.5, 0.6) is 0 Å². The molecule has 0 spiro atoms. The predicted molar refractivity (Wildman–Crippen MR) is 101 cm³/mol. The number of allylic oxidation sites excluding steroid dienone is 1. The van der Waals surface area contributed by atoms with Crippen molar-refractivity contribution < 1.29 is 4.79 Å². The molecular weight excluding hydrogens is 292 g/mol. The van der Waals surface area contributed by atoms with Gasteiger partial charge in [0.2, 0.25) is 0 Å². The fourth-order valence-electron chi connectivity index (χ4n) is 3.00. The van der Waals surface area contributed by atoms with Crippen molar-refractivity contribution in [2.45, 2.75) is 0 Å². The van der Waals surface area contributed by atoms with E-state index in [9.17, 15) is 4.79 Å². The second-order valence-corrected chi connectivity index (χ2v) is 5.83. The zero-order valence-electron chi connectivity index (χ0n) is 13.1. The molecule has 0 bridgehead atoms. The van der Waals surface area contributed by atoms with Crippen molar-refractivity contribution in [3.05, 3.63) is 102 Å². The molecule has 1 heteroatoms. The minimum atomic E-state index is 0.0221. The number of carbonyl (C=O) groups excluding carboxylic acids is 1. The Morgan fingerprint density at radius 2 is 1.38 bits per heavy atom. The summed E-state index contributed by atoms with van der Waals surface area (Å²) in [5.74, 6) is 0.0221. The van der Waals surface area contributed by atoms with Crippen LogP contribution in [0.1, 0.15) is 15.9 Å². The Bertz CT molecular complexity index is 1060. The van der Waals surface area contributed by atoms with Crippen molar-refractivity contribution in [2.75, 3.05) is 0 Å². The summed E-state index contributed by atoms with van der Waals surface area (Å²) in [4.78, 5) is 12.4. The van der Waals surface area contributed by atoms with Gasteiger partial charge in [-0.3, -0.25) is 4.79 Å². The smallest absolute Gasteiger partial charge is 0.185 e. The molecule has 0 heterocycles. The highest BCUT2D eigenvalue weighted by molar-refractivity contribution is 6.12. The molecule has 0 amide bonds. The zero-order valence-corrected chi connectivity index (χ0v) is 13.1. The number of fused-ring (bicyclic) bond motifs is 3. The van der Waals surface area contributed by atoms with Gasteiger partial charge in [0.15, 0.2) is 5.78 Å². The number of hydrogen-bond acceptors (Lipinski definition) is 1. The first kappa shape index (κ1) is 14.4. The van der Waals surface area contributed by atoms with Crippen LogP contribution in [0.25, 0.3) is 27.6 Å². The van der Waals surface area contributed by atoms with E-state index in [0.29, 0.717) is 5.56 Å². The molecule has 4 rings (SSSR count). The van der Waals surface area contributed by atoms with Gasteiger partial charge in [0.05, 0.1) is 0 Å². The Labute approximate surface area is 140 Å².